The molecule has 2 rings (SSSR count). The van der Waals surface area contributed by atoms with Gasteiger partial charge in [-0.3, -0.25) is 4.79 Å². The maximum Gasteiger partial charge on any atom is 0.417 e. The summed E-state index contributed by atoms with van der Waals surface area (Å²) < 4.78 is 5.03. The Hall–Kier alpha value is -2.10. The number of benzene rings is 1. The van der Waals surface area contributed by atoms with Gasteiger partial charge in [-0.1, -0.05) is 56.2 Å². The van der Waals surface area contributed by atoms with Gasteiger partial charge in [-0.25, -0.2) is 9.69 Å². The minimum Gasteiger partial charge on any atom is -0.447 e. The van der Waals surface area contributed by atoms with Crippen molar-refractivity contribution >= 4 is 12.0 Å². The molecule has 0 radical (unpaired) electrons. The number of imide groups is 1. The first-order valence-corrected chi connectivity index (χ1v) is 7.42. The Kier molecular flexibility index (Phi) is 5.55. The van der Waals surface area contributed by atoms with Crippen molar-refractivity contribution in [2.45, 2.75) is 38.6 Å². The van der Waals surface area contributed by atoms with Gasteiger partial charge in [-0.05, 0) is 24.5 Å². The zero-order chi connectivity index (χ0) is 15.1. The van der Waals surface area contributed by atoms with E-state index in [0.717, 1.165) is 24.8 Å². The molecule has 2 amide bonds. The van der Waals surface area contributed by atoms with Gasteiger partial charge >= 0.3 is 6.09 Å². The van der Waals surface area contributed by atoms with Gasteiger partial charge < -0.3 is 4.74 Å². The first kappa shape index (κ1) is 15.3. The van der Waals surface area contributed by atoms with E-state index in [4.69, 9.17) is 4.74 Å². The summed E-state index contributed by atoms with van der Waals surface area (Å²) in [4.78, 5) is 25.1. The summed E-state index contributed by atoms with van der Waals surface area (Å²) in [6.07, 6.45) is 6.39. The van der Waals surface area contributed by atoms with E-state index in [1.54, 1.807) is 0 Å². The van der Waals surface area contributed by atoms with Gasteiger partial charge in [0.1, 0.15) is 6.61 Å². The number of hydrogen-bond acceptors (Lipinski definition) is 3. The summed E-state index contributed by atoms with van der Waals surface area (Å²) >= 11 is 0. The Balaban J connectivity index is 1.99. The molecule has 0 aliphatic carbocycles. The van der Waals surface area contributed by atoms with Crippen LogP contribution >= 0.6 is 0 Å². The summed E-state index contributed by atoms with van der Waals surface area (Å²) in [5.41, 5.74) is 1.09. The van der Waals surface area contributed by atoms with Crippen LogP contribution in [-0.2, 0) is 16.0 Å². The van der Waals surface area contributed by atoms with Crippen molar-refractivity contribution in [3.05, 3.63) is 48.0 Å². The molecule has 1 aromatic rings. The van der Waals surface area contributed by atoms with Crippen LogP contribution in [0.2, 0.25) is 0 Å². The lowest BCUT2D eigenvalue weighted by atomic mass is 10.1. The van der Waals surface area contributed by atoms with Gasteiger partial charge in [0, 0.05) is 0 Å². The highest BCUT2D eigenvalue weighted by molar-refractivity contribution is 5.99. The fourth-order valence-electron chi connectivity index (χ4n) is 2.35. The van der Waals surface area contributed by atoms with Crippen molar-refractivity contribution in [2.75, 3.05) is 6.61 Å². The highest BCUT2D eigenvalue weighted by Crippen LogP contribution is 2.18. The van der Waals surface area contributed by atoms with Crippen LogP contribution in [0.15, 0.2) is 42.5 Å². The Morgan fingerprint density at radius 2 is 2.14 bits per heavy atom. The largest absolute Gasteiger partial charge is 0.447 e. The van der Waals surface area contributed by atoms with Crippen LogP contribution in [0.3, 0.4) is 0 Å². The van der Waals surface area contributed by atoms with Crippen LogP contribution in [0.4, 0.5) is 4.79 Å². The van der Waals surface area contributed by atoms with E-state index in [-0.39, 0.29) is 18.6 Å². The molecular formula is C17H21NO3. The number of nitrogens with zero attached hydrogens (tertiary/aromatic N) is 1. The van der Waals surface area contributed by atoms with Gasteiger partial charge in [0.05, 0.1) is 6.04 Å². The highest BCUT2D eigenvalue weighted by atomic mass is 16.6. The van der Waals surface area contributed by atoms with Crippen molar-refractivity contribution in [1.82, 2.24) is 4.90 Å². The number of allylic oxidation sites excluding steroid dienone is 1. The van der Waals surface area contributed by atoms with Gasteiger partial charge in [0.2, 0.25) is 0 Å². The molecule has 1 fully saturated rings. The number of carbonyl (C=O) groups is 2. The summed E-state index contributed by atoms with van der Waals surface area (Å²) in [5.74, 6) is -0.283. The minimum atomic E-state index is -0.541. The number of carbonyl (C=O) groups excluding carboxylic acids is 2. The summed E-state index contributed by atoms with van der Waals surface area (Å²) in [7, 11) is 0. The van der Waals surface area contributed by atoms with E-state index < -0.39 is 6.09 Å². The fourth-order valence-corrected chi connectivity index (χ4v) is 2.35. The number of amides is 2. The third-order valence-corrected chi connectivity index (χ3v) is 3.50. The lowest BCUT2D eigenvalue weighted by Gasteiger charge is -2.18. The molecule has 21 heavy (non-hydrogen) atoms. The second kappa shape index (κ2) is 7.62. The van der Waals surface area contributed by atoms with Crippen LogP contribution < -0.4 is 0 Å². The predicted octanol–water partition coefficient (Wildman–Crippen LogP) is 3.32. The van der Waals surface area contributed by atoms with Crippen LogP contribution in [0.1, 0.15) is 31.7 Å². The Morgan fingerprint density at radius 3 is 2.86 bits per heavy atom. The molecule has 1 aliphatic heterocycles. The van der Waals surface area contributed by atoms with Crippen LogP contribution in [0, 0.1) is 0 Å². The topological polar surface area (TPSA) is 46.6 Å². The maximum absolute atomic E-state index is 12.2. The lowest BCUT2D eigenvalue weighted by molar-refractivity contribution is -0.124. The second-order valence-electron chi connectivity index (χ2n) is 5.17. The quantitative estimate of drug-likeness (QED) is 0.595. The average molecular weight is 287 g/mol. The van der Waals surface area contributed by atoms with Crippen LogP contribution in [-0.4, -0.2) is 29.5 Å². The van der Waals surface area contributed by atoms with Gasteiger partial charge in [-0.15, -0.1) is 0 Å². The van der Waals surface area contributed by atoms with Crippen molar-refractivity contribution in [1.29, 1.82) is 0 Å². The molecule has 0 aromatic heterocycles. The molecule has 0 bridgehead atoms. The van der Waals surface area contributed by atoms with Crippen molar-refractivity contribution in [3.8, 4) is 0 Å². The zero-order valence-electron chi connectivity index (χ0n) is 12.3. The Morgan fingerprint density at radius 1 is 1.38 bits per heavy atom. The molecule has 4 nitrogen and oxygen atoms in total. The number of cyclic esters (lactones) is 1. The molecule has 112 valence electrons. The summed E-state index contributed by atoms with van der Waals surface area (Å²) in [6.45, 7) is 2.37. The summed E-state index contributed by atoms with van der Waals surface area (Å²) in [6, 6.07) is 9.60. The molecule has 0 unspecified atom stereocenters. The van der Waals surface area contributed by atoms with E-state index in [2.05, 4.69) is 6.92 Å². The zero-order valence-corrected chi connectivity index (χ0v) is 12.3. The second-order valence-corrected chi connectivity index (χ2v) is 5.17. The molecule has 0 spiro atoms. The number of hydrogen-bond donors (Lipinski definition) is 0. The first-order valence-electron chi connectivity index (χ1n) is 7.42. The third kappa shape index (κ3) is 4.18. The highest BCUT2D eigenvalue weighted by Gasteiger charge is 2.36. The summed E-state index contributed by atoms with van der Waals surface area (Å²) in [5, 5.41) is 0. The van der Waals surface area contributed by atoms with Gasteiger partial charge in [0.25, 0.3) is 5.91 Å². The Labute approximate surface area is 125 Å². The molecule has 4 heteroatoms. The van der Waals surface area contributed by atoms with Crippen molar-refractivity contribution in [3.63, 3.8) is 0 Å². The molecule has 1 atom stereocenters. The molecular weight excluding hydrogens is 266 g/mol. The van der Waals surface area contributed by atoms with Crippen LogP contribution in [0.5, 0.6) is 0 Å². The number of ether oxygens (including phenoxy) is 1. The Bertz CT molecular complexity index is 510. The SMILES string of the molecule is CCCCC=CC(=O)N1C(=O)OC[C@H]1Cc1ccccc1. The van der Waals surface area contributed by atoms with Crippen molar-refractivity contribution < 1.29 is 14.3 Å². The fraction of sp³-hybridized carbons (Fsp3) is 0.412. The van der Waals surface area contributed by atoms with E-state index in [9.17, 15) is 9.59 Å². The smallest absolute Gasteiger partial charge is 0.417 e. The number of rotatable bonds is 6. The standard InChI is InChI=1S/C17H21NO3/c1-2-3-4-8-11-16(19)18-15(13-21-17(18)20)12-14-9-6-5-7-10-14/h5-11,15H,2-4,12-13H2,1H3/t15-/m1/s1. The average Bonchev–Trinajstić information content (AvgIpc) is 2.85. The molecule has 1 aromatic carbocycles. The first-order chi connectivity index (χ1) is 10.2. The molecule has 1 saturated heterocycles. The lowest BCUT2D eigenvalue weighted by Crippen LogP contribution is -2.39. The molecule has 0 N–H and O–H groups in total. The molecule has 1 heterocycles. The van der Waals surface area contributed by atoms with E-state index >= 15 is 0 Å². The predicted molar refractivity (Wildman–Crippen MR) is 80.8 cm³/mol. The molecule has 0 saturated carbocycles. The van der Waals surface area contributed by atoms with Crippen LogP contribution in [0.25, 0.3) is 0 Å². The maximum atomic E-state index is 12.2. The van der Waals surface area contributed by atoms with Gasteiger partial charge in [0.15, 0.2) is 0 Å². The third-order valence-electron chi connectivity index (χ3n) is 3.50. The van der Waals surface area contributed by atoms with Crippen molar-refractivity contribution in [2.24, 2.45) is 0 Å². The van der Waals surface area contributed by atoms with Gasteiger partial charge in [-0.2, -0.15) is 0 Å². The monoisotopic (exact) mass is 287 g/mol. The minimum absolute atomic E-state index is 0.219. The van der Waals surface area contributed by atoms with E-state index in [1.807, 2.05) is 36.4 Å². The normalized spacial score (nSPS) is 18.2. The number of unbranched alkanes of at least 4 members (excludes halogenated alkanes) is 2. The molecule has 1 aliphatic rings. The van der Waals surface area contributed by atoms with E-state index in [1.165, 1.54) is 11.0 Å². The van der Waals surface area contributed by atoms with E-state index in [0.29, 0.717) is 6.42 Å².